The molecule has 1 fully saturated rings. The quantitative estimate of drug-likeness (QED) is 0.778. The Kier molecular flexibility index (Phi) is 5.01. The van der Waals surface area contributed by atoms with Crippen molar-refractivity contribution in [1.29, 1.82) is 0 Å². The summed E-state index contributed by atoms with van der Waals surface area (Å²) in [6.45, 7) is 6.01. The van der Waals surface area contributed by atoms with Crippen LogP contribution in [0.25, 0.3) is 0 Å². The standard InChI is InChI=1S/C17H24N4O2S/c1-5-13-12(9-20(3)19-13)10-21-8-6-7-14(21)16-18-15(11(2)24-16)17(22)23-4/h9,14H,5-8,10H2,1-4H3. The lowest BCUT2D eigenvalue weighted by Crippen LogP contribution is -2.23. The highest BCUT2D eigenvalue weighted by molar-refractivity contribution is 7.11. The van der Waals surface area contributed by atoms with E-state index in [-0.39, 0.29) is 12.0 Å². The van der Waals surface area contributed by atoms with Gasteiger partial charge < -0.3 is 4.74 Å². The lowest BCUT2D eigenvalue weighted by Gasteiger charge is -2.22. The topological polar surface area (TPSA) is 60.2 Å². The van der Waals surface area contributed by atoms with Gasteiger partial charge in [0.05, 0.1) is 18.8 Å². The zero-order valence-corrected chi connectivity index (χ0v) is 15.5. The maximum absolute atomic E-state index is 11.8. The average molecular weight is 348 g/mol. The number of ether oxygens (including phenoxy) is 1. The van der Waals surface area contributed by atoms with Crippen LogP contribution in [-0.2, 0) is 24.8 Å². The van der Waals surface area contributed by atoms with Gasteiger partial charge in [0, 0.05) is 30.2 Å². The van der Waals surface area contributed by atoms with Gasteiger partial charge in [0.1, 0.15) is 5.01 Å². The molecule has 0 aromatic carbocycles. The van der Waals surface area contributed by atoms with Gasteiger partial charge in [0.2, 0.25) is 0 Å². The van der Waals surface area contributed by atoms with Crippen molar-refractivity contribution in [2.45, 2.75) is 45.7 Å². The van der Waals surface area contributed by atoms with Crippen molar-refractivity contribution < 1.29 is 9.53 Å². The van der Waals surface area contributed by atoms with E-state index in [0.29, 0.717) is 5.69 Å². The summed E-state index contributed by atoms with van der Waals surface area (Å²) in [5, 5.41) is 5.56. The minimum Gasteiger partial charge on any atom is -0.464 e. The molecule has 1 saturated heterocycles. The molecular formula is C17H24N4O2S. The van der Waals surface area contributed by atoms with E-state index in [1.165, 1.54) is 12.7 Å². The van der Waals surface area contributed by atoms with E-state index < -0.39 is 0 Å². The fourth-order valence-corrected chi connectivity index (χ4v) is 4.45. The number of rotatable bonds is 5. The first-order chi connectivity index (χ1) is 11.5. The smallest absolute Gasteiger partial charge is 0.357 e. The Hall–Kier alpha value is -1.73. The molecule has 0 spiro atoms. The number of methoxy groups -OCH3 is 1. The van der Waals surface area contributed by atoms with Crippen LogP contribution in [0.2, 0.25) is 0 Å². The molecule has 1 atom stereocenters. The molecule has 1 unspecified atom stereocenters. The lowest BCUT2D eigenvalue weighted by molar-refractivity contribution is 0.0593. The summed E-state index contributed by atoms with van der Waals surface area (Å²) >= 11 is 1.61. The molecule has 0 N–H and O–H groups in total. The SMILES string of the molecule is CCc1nn(C)cc1CN1CCCC1c1nc(C(=O)OC)c(C)s1. The number of aryl methyl sites for hydroxylation is 3. The van der Waals surface area contributed by atoms with Crippen molar-refractivity contribution >= 4 is 17.3 Å². The van der Waals surface area contributed by atoms with E-state index in [1.54, 1.807) is 11.3 Å². The number of aromatic nitrogens is 3. The van der Waals surface area contributed by atoms with Gasteiger partial charge in [-0.25, -0.2) is 9.78 Å². The van der Waals surface area contributed by atoms with E-state index in [2.05, 4.69) is 28.1 Å². The monoisotopic (exact) mass is 348 g/mol. The number of carbonyl (C=O) groups is 1. The molecule has 1 aliphatic rings. The van der Waals surface area contributed by atoms with E-state index >= 15 is 0 Å². The molecule has 6 nitrogen and oxygen atoms in total. The highest BCUT2D eigenvalue weighted by Crippen LogP contribution is 2.36. The molecule has 0 aliphatic carbocycles. The second-order valence-electron chi connectivity index (χ2n) is 6.21. The van der Waals surface area contributed by atoms with Crippen molar-refractivity contribution in [3.63, 3.8) is 0 Å². The molecular weight excluding hydrogens is 324 g/mol. The van der Waals surface area contributed by atoms with Gasteiger partial charge >= 0.3 is 5.97 Å². The van der Waals surface area contributed by atoms with E-state index in [0.717, 1.165) is 47.9 Å². The van der Waals surface area contributed by atoms with Crippen molar-refractivity contribution in [3.05, 3.63) is 33.0 Å². The Bertz CT molecular complexity index is 737. The Morgan fingerprint density at radius 3 is 3.00 bits per heavy atom. The molecule has 130 valence electrons. The predicted molar refractivity (Wildman–Crippen MR) is 93.2 cm³/mol. The highest BCUT2D eigenvalue weighted by atomic mass is 32.1. The van der Waals surface area contributed by atoms with Crippen LogP contribution in [0.15, 0.2) is 6.20 Å². The van der Waals surface area contributed by atoms with Crippen molar-refractivity contribution in [2.75, 3.05) is 13.7 Å². The number of hydrogen-bond donors (Lipinski definition) is 0. The third kappa shape index (κ3) is 3.23. The molecule has 0 saturated carbocycles. The average Bonchev–Trinajstić information content (AvgIpc) is 3.25. The second kappa shape index (κ2) is 7.03. The second-order valence-corrected chi connectivity index (χ2v) is 7.44. The van der Waals surface area contributed by atoms with Gasteiger partial charge in [0.15, 0.2) is 5.69 Å². The first kappa shape index (κ1) is 17.1. The molecule has 1 aliphatic heterocycles. The van der Waals surface area contributed by atoms with Crippen LogP contribution in [0.1, 0.15) is 57.4 Å². The summed E-state index contributed by atoms with van der Waals surface area (Å²) in [5.41, 5.74) is 2.90. The maximum atomic E-state index is 11.8. The normalized spacial score (nSPS) is 18.2. The summed E-state index contributed by atoms with van der Waals surface area (Å²) in [6, 6.07) is 0.275. The lowest BCUT2D eigenvalue weighted by atomic mass is 10.2. The number of esters is 1. The molecule has 3 heterocycles. The summed E-state index contributed by atoms with van der Waals surface area (Å²) in [5.74, 6) is -0.347. The van der Waals surface area contributed by atoms with Crippen molar-refractivity contribution in [3.8, 4) is 0 Å². The van der Waals surface area contributed by atoms with Gasteiger partial charge in [-0.3, -0.25) is 9.58 Å². The molecule has 24 heavy (non-hydrogen) atoms. The van der Waals surface area contributed by atoms with E-state index in [9.17, 15) is 4.79 Å². The van der Waals surface area contributed by atoms with Crippen LogP contribution in [-0.4, -0.2) is 39.3 Å². The Labute approximate surface area is 146 Å². The molecule has 0 radical (unpaired) electrons. The van der Waals surface area contributed by atoms with Crippen LogP contribution in [0.5, 0.6) is 0 Å². The minimum absolute atomic E-state index is 0.275. The van der Waals surface area contributed by atoms with E-state index in [1.807, 2.05) is 18.7 Å². The van der Waals surface area contributed by atoms with Gasteiger partial charge in [-0.2, -0.15) is 5.10 Å². The first-order valence-electron chi connectivity index (χ1n) is 8.34. The Morgan fingerprint density at radius 2 is 2.29 bits per heavy atom. The number of likely N-dealkylation sites (tertiary alicyclic amines) is 1. The molecule has 0 bridgehead atoms. The fraction of sp³-hybridized carbons (Fsp3) is 0.588. The Balaban J connectivity index is 1.82. The zero-order chi connectivity index (χ0) is 17.3. The van der Waals surface area contributed by atoms with Gasteiger partial charge in [-0.05, 0) is 32.7 Å². The molecule has 2 aromatic rings. The Morgan fingerprint density at radius 1 is 1.50 bits per heavy atom. The third-order valence-electron chi connectivity index (χ3n) is 4.54. The largest absolute Gasteiger partial charge is 0.464 e. The molecule has 2 aromatic heterocycles. The highest BCUT2D eigenvalue weighted by Gasteiger charge is 2.31. The fourth-order valence-electron chi connectivity index (χ4n) is 3.37. The predicted octanol–water partition coefficient (Wildman–Crippen LogP) is 2.87. The van der Waals surface area contributed by atoms with Crippen molar-refractivity contribution in [1.82, 2.24) is 19.7 Å². The molecule has 7 heteroatoms. The van der Waals surface area contributed by atoms with Gasteiger partial charge in [-0.1, -0.05) is 6.92 Å². The van der Waals surface area contributed by atoms with Crippen LogP contribution >= 0.6 is 11.3 Å². The van der Waals surface area contributed by atoms with Crippen LogP contribution in [0.4, 0.5) is 0 Å². The summed E-state index contributed by atoms with van der Waals surface area (Å²) in [7, 11) is 3.37. The van der Waals surface area contributed by atoms with E-state index in [4.69, 9.17) is 4.74 Å². The minimum atomic E-state index is -0.347. The van der Waals surface area contributed by atoms with Crippen LogP contribution in [0.3, 0.4) is 0 Å². The maximum Gasteiger partial charge on any atom is 0.357 e. The number of nitrogens with zero attached hydrogens (tertiary/aromatic N) is 4. The van der Waals surface area contributed by atoms with Gasteiger partial charge in [-0.15, -0.1) is 11.3 Å². The molecule has 0 amide bonds. The molecule has 3 rings (SSSR count). The zero-order valence-electron chi connectivity index (χ0n) is 14.7. The van der Waals surface area contributed by atoms with Crippen LogP contribution < -0.4 is 0 Å². The summed E-state index contributed by atoms with van der Waals surface area (Å²) in [4.78, 5) is 19.8. The van der Waals surface area contributed by atoms with Gasteiger partial charge in [0.25, 0.3) is 0 Å². The number of thiazole rings is 1. The van der Waals surface area contributed by atoms with Crippen LogP contribution in [0, 0.1) is 6.92 Å². The summed E-state index contributed by atoms with van der Waals surface area (Å²) < 4.78 is 6.72. The summed E-state index contributed by atoms with van der Waals surface area (Å²) in [6.07, 6.45) is 5.28. The third-order valence-corrected chi connectivity index (χ3v) is 5.61. The van der Waals surface area contributed by atoms with Crippen molar-refractivity contribution in [2.24, 2.45) is 7.05 Å². The number of hydrogen-bond acceptors (Lipinski definition) is 6. The first-order valence-corrected chi connectivity index (χ1v) is 9.16. The number of carbonyl (C=O) groups excluding carboxylic acids is 1.